The topological polar surface area (TPSA) is 60.4 Å². The number of hydrogen-bond donors (Lipinski definition) is 0. The number of hydrogen-bond acceptors (Lipinski definition) is 4. The lowest BCUT2D eigenvalue weighted by atomic mass is 10.2. The van der Waals surface area contributed by atoms with E-state index >= 15 is 0 Å². The average Bonchev–Trinajstić information content (AvgIpc) is 2.16. The van der Waals surface area contributed by atoms with E-state index in [9.17, 15) is 13.2 Å². The Kier molecular flexibility index (Phi) is 4.57. The minimum atomic E-state index is -3.85. The molecule has 0 spiro atoms. The summed E-state index contributed by atoms with van der Waals surface area (Å²) < 4.78 is 27.5. The van der Waals surface area contributed by atoms with E-state index in [1.54, 1.807) is 29.5 Å². The van der Waals surface area contributed by atoms with E-state index < -0.39 is 15.0 Å². The van der Waals surface area contributed by atoms with Gasteiger partial charge in [-0.05, 0) is 41.6 Å². The third-order valence-electron chi connectivity index (χ3n) is 1.72. The van der Waals surface area contributed by atoms with Crippen molar-refractivity contribution in [2.24, 2.45) is 0 Å². The minimum Gasteiger partial charge on any atom is -0.462 e. The highest BCUT2D eigenvalue weighted by molar-refractivity contribution is 14.1. The third-order valence-corrected chi connectivity index (χ3v) is 4.61. The molecule has 16 heavy (non-hydrogen) atoms. The van der Waals surface area contributed by atoms with Gasteiger partial charge in [0.1, 0.15) is 0 Å². The summed E-state index contributed by atoms with van der Waals surface area (Å²) in [5, 5.41) is 0. The molecule has 88 valence electrons. The summed E-state index contributed by atoms with van der Waals surface area (Å²) in [7, 11) is 1.39. The normalized spacial score (nSPS) is 11.2. The highest BCUT2D eigenvalue weighted by Gasteiger charge is 2.20. The Morgan fingerprint density at radius 2 is 2.12 bits per heavy atom. The van der Waals surface area contributed by atoms with E-state index in [1.807, 2.05) is 0 Å². The van der Waals surface area contributed by atoms with Crippen LogP contribution in [0.5, 0.6) is 0 Å². The molecule has 4 nitrogen and oxygen atoms in total. The van der Waals surface area contributed by atoms with Crippen LogP contribution in [0.15, 0.2) is 23.1 Å². The number of carbonyl (C=O) groups is 1. The molecule has 1 rings (SSSR count). The third kappa shape index (κ3) is 3.08. The maximum Gasteiger partial charge on any atom is 0.339 e. The second-order valence-electron chi connectivity index (χ2n) is 2.78. The molecule has 0 heterocycles. The Morgan fingerprint density at radius 1 is 1.50 bits per heavy atom. The Balaban J connectivity index is 3.30. The first-order chi connectivity index (χ1) is 7.38. The number of esters is 1. The SMILES string of the molecule is CCOC(=O)c1cccc(S(=O)(=O)Cl)c1I. The number of rotatable bonds is 3. The molecule has 0 bridgehead atoms. The standard InChI is InChI=1S/C9H8ClIO4S/c1-2-15-9(12)6-4-3-5-7(8(6)11)16(10,13)14/h3-5H,2H2,1H3. The largest absolute Gasteiger partial charge is 0.462 e. The van der Waals surface area contributed by atoms with Crippen LogP contribution in [0.4, 0.5) is 0 Å². The van der Waals surface area contributed by atoms with Crippen molar-refractivity contribution >= 4 is 48.3 Å². The molecule has 0 amide bonds. The van der Waals surface area contributed by atoms with Crippen LogP contribution in [-0.2, 0) is 13.8 Å². The van der Waals surface area contributed by atoms with Crippen molar-refractivity contribution in [2.75, 3.05) is 6.61 Å². The first-order valence-corrected chi connectivity index (χ1v) is 7.67. The molecule has 0 saturated heterocycles. The molecule has 0 aliphatic rings. The lowest BCUT2D eigenvalue weighted by molar-refractivity contribution is 0.0525. The fraction of sp³-hybridized carbons (Fsp3) is 0.222. The highest BCUT2D eigenvalue weighted by atomic mass is 127. The first kappa shape index (κ1) is 13.7. The molecule has 0 aromatic heterocycles. The van der Waals surface area contributed by atoms with Gasteiger partial charge >= 0.3 is 5.97 Å². The quantitative estimate of drug-likeness (QED) is 0.463. The predicted octanol–water partition coefficient (Wildman–Crippen LogP) is 2.40. The lowest BCUT2D eigenvalue weighted by Gasteiger charge is -2.06. The maximum absolute atomic E-state index is 11.5. The molecule has 0 aliphatic carbocycles. The molecule has 0 fully saturated rings. The Hall–Kier alpha value is -0.340. The predicted molar refractivity (Wildman–Crippen MR) is 68.2 cm³/mol. The molecule has 0 N–H and O–H groups in total. The van der Waals surface area contributed by atoms with Crippen LogP contribution in [0.2, 0.25) is 0 Å². The zero-order valence-corrected chi connectivity index (χ0v) is 12.0. The molecule has 1 aromatic carbocycles. The van der Waals surface area contributed by atoms with E-state index in [2.05, 4.69) is 0 Å². The summed E-state index contributed by atoms with van der Waals surface area (Å²) >= 11 is 1.76. The van der Waals surface area contributed by atoms with Gasteiger partial charge in [0.15, 0.2) is 0 Å². The summed E-state index contributed by atoms with van der Waals surface area (Å²) in [6.07, 6.45) is 0. The van der Waals surface area contributed by atoms with Crippen LogP contribution in [-0.4, -0.2) is 21.0 Å². The highest BCUT2D eigenvalue weighted by Crippen LogP contribution is 2.25. The van der Waals surface area contributed by atoms with Crippen LogP contribution in [0.3, 0.4) is 0 Å². The fourth-order valence-electron chi connectivity index (χ4n) is 1.07. The smallest absolute Gasteiger partial charge is 0.339 e. The van der Waals surface area contributed by atoms with Gasteiger partial charge in [0, 0.05) is 14.3 Å². The van der Waals surface area contributed by atoms with Crippen molar-refractivity contribution in [2.45, 2.75) is 11.8 Å². The molecular weight excluding hydrogens is 367 g/mol. The summed E-state index contributed by atoms with van der Waals surface area (Å²) in [6, 6.07) is 4.28. The van der Waals surface area contributed by atoms with E-state index in [1.165, 1.54) is 18.2 Å². The van der Waals surface area contributed by atoms with E-state index in [0.717, 1.165) is 0 Å². The summed E-state index contributed by atoms with van der Waals surface area (Å²) in [6.45, 7) is 1.90. The van der Waals surface area contributed by atoms with Crippen LogP contribution in [0.1, 0.15) is 17.3 Å². The number of halogens is 2. The van der Waals surface area contributed by atoms with Gasteiger partial charge in [0.25, 0.3) is 9.05 Å². The minimum absolute atomic E-state index is 0.0830. The van der Waals surface area contributed by atoms with E-state index in [-0.39, 0.29) is 20.6 Å². The Bertz CT molecular complexity index is 512. The van der Waals surface area contributed by atoms with Crippen molar-refractivity contribution in [1.29, 1.82) is 0 Å². The van der Waals surface area contributed by atoms with Crippen molar-refractivity contribution < 1.29 is 17.9 Å². The van der Waals surface area contributed by atoms with Gasteiger partial charge < -0.3 is 4.74 Å². The van der Waals surface area contributed by atoms with Crippen molar-refractivity contribution in [3.63, 3.8) is 0 Å². The monoisotopic (exact) mass is 374 g/mol. The summed E-state index contributed by atoms with van der Waals surface area (Å²) in [5.41, 5.74) is 0.198. The van der Waals surface area contributed by atoms with Crippen LogP contribution >= 0.6 is 33.3 Å². The zero-order valence-electron chi connectivity index (χ0n) is 8.24. The molecule has 1 aromatic rings. The Labute approximate surface area is 111 Å². The van der Waals surface area contributed by atoms with Gasteiger partial charge in [0.05, 0.1) is 17.1 Å². The van der Waals surface area contributed by atoms with Gasteiger partial charge in [-0.1, -0.05) is 6.07 Å². The van der Waals surface area contributed by atoms with E-state index in [4.69, 9.17) is 15.4 Å². The van der Waals surface area contributed by atoms with Gasteiger partial charge in [-0.3, -0.25) is 0 Å². The maximum atomic E-state index is 11.5. The van der Waals surface area contributed by atoms with Gasteiger partial charge in [-0.25, -0.2) is 13.2 Å². The molecule has 0 radical (unpaired) electrons. The number of ether oxygens (including phenoxy) is 1. The summed E-state index contributed by atoms with van der Waals surface area (Å²) in [4.78, 5) is 11.4. The molecular formula is C9H8ClIO4S. The molecule has 0 atom stereocenters. The fourth-order valence-corrected chi connectivity index (χ4v) is 3.86. The lowest BCUT2D eigenvalue weighted by Crippen LogP contribution is -2.09. The first-order valence-electron chi connectivity index (χ1n) is 4.28. The summed E-state index contributed by atoms with van der Waals surface area (Å²) in [5.74, 6) is -0.561. The van der Waals surface area contributed by atoms with Crippen LogP contribution in [0, 0.1) is 3.57 Å². The second-order valence-corrected chi connectivity index (χ2v) is 6.39. The number of carbonyl (C=O) groups excluding carboxylic acids is 1. The van der Waals surface area contributed by atoms with Crippen LogP contribution < -0.4 is 0 Å². The van der Waals surface area contributed by atoms with Crippen molar-refractivity contribution in [3.05, 3.63) is 27.3 Å². The molecule has 0 unspecified atom stereocenters. The molecule has 0 aliphatic heterocycles. The van der Waals surface area contributed by atoms with Crippen LogP contribution in [0.25, 0.3) is 0 Å². The number of benzene rings is 1. The van der Waals surface area contributed by atoms with Crippen molar-refractivity contribution in [1.82, 2.24) is 0 Å². The van der Waals surface area contributed by atoms with E-state index in [0.29, 0.717) is 0 Å². The Morgan fingerprint density at radius 3 is 2.62 bits per heavy atom. The average molecular weight is 375 g/mol. The molecule has 7 heteroatoms. The van der Waals surface area contributed by atoms with Gasteiger partial charge in [-0.2, -0.15) is 0 Å². The van der Waals surface area contributed by atoms with Crippen molar-refractivity contribution in [3.8, 4) is 0 Å². The molecule has 0 saturated carbocycles. The second kappa shape index (κ2) is 5.33. The van der Waals surface area contributed by atoms with Gasteiger partial charge in [-0.15, -0.1) is 0 Å². The zero-order chi connectivity index (χ0) is 12.3. The van der Waals surface area contributed by atoms with Gasteiger partial charge in [0.2, 0.25) is 0 Å².